The first-order valence-corrected chi connectivity index (χ1v) is 27.0. The highest BCUT2D eigenvalue weighted by Gasteiger charge is 2.69. The van der Waals surface area contributed by atoms with Gasteiger partial charge >= 0.3 is 0 Å². The van der Waals surface area contributed by atoms with E-state index in [1.54, 1.807) is 13.4 Å². The van der Waals surface area contributed by atoms with E-state index in [0.29, 0.717) is 55.3 Å². The van der Waals surface area contributed by atoms with Gasteiger partial charge in [-0.3, -0.25) is 14.5 Å². The largest absolute Gasteiger partial charge is 0.549 e. The van der Waals surface area contributed by atoms with E-state index >= 15 is 9.59 Å². The molecule has 0 radical (unpaired) electrons. The molecular formula is C45H70N2O9Si2. The average molecular weight is 839 g/mol. The lowest BCUT2D eigenvalue weighted by atomic mass is 9.57. The Balaban J connectivity index is 1.74. The summed E-state index contributed by atoms with van der Waals surface area (Å²) in [7, 11) is 0.541. The standard InChI is InChI=1S/C45H70N2O9Si2/c1-16-18-22-52-38-28(21-20-24-54-57(12,13)43(3,4)5)27-32(51-11)30-25-29-26-31-36(47(9)10)39-35(42(46-55-39)53-23-19-17-2)41(50)45(31,56-58(14,15)44(6,7)8)40(49)33(29)37(48)34(30)38/h20,24,27,29,31,36,48H,16-19,21-23,25-26H2,1-15H3/b24-20-/t29-,31-,36-,45-/m0/s1. The lowest BCUT2D eigenvalue weighted by Gasteiger charge is -2.55. The van der Waals surface area contributed by atoms with Crippen LogP contribution in [-0.2, 0) is 26.5 Å². The molecule has 0 amide bonds. The van der Waals surface area contributed by atoms with Crippen LogP contribution in [0.4, 0.5) is 0 Å². The third-order valence-corrected chi connectivity index (χ3v) is 22.2. The van der Waals surface area contributed by atoms with Crippen LogP contribution in [0.5, 0.6) is 17.4 Å². The summed E-state index contributed by atoms with van der Waals surface area (Å²) in [6.45, 7) is 26.3. The molecule has 0 aliphatic heterocycles. The third-order valence-electron chi connectivity index (χ3n) is 13.4. The Kier molecular flexibility index (Phi) is 13.3. The van der Waals surface area contributed by atoms with Gasteiger partial charge in [-0.15, -0.1) is 0 Å². The molecule has 0 saturated heterocycles. The number of hydrogen-bond acceptors (Lipinski definition) is 11. The van der Waals surface area contributed by atoms with Gasteiger partial charge in [0.05, 0.1) is 38.2 Å². The van der Waals surface area contributed by atoms with Crippen LogP contribution in [0.1, 0.15) is 126 Å². The molecule has 0 unspecified atom stereocenters. The number of Topliss-reactive ketones (excluding diaryl/α,β-unsaturated/α-hetero) is 2. The number of fused-ring (bicyclic) bond motifs is 4. The smallest absolute Gasteiger partial charge is 0.265 e. The molecule has 322 valence electrons. The molecule has 3 aliphatic rings. The topological polar surface area (TPSA) is 130 Å². The van der Waals surface area contributed by atoms with E-state index in [-0.39, 0.29) is 32.9 Å². The Morgan fingerprint density at radius 1 is 0.948 bits per heavy atom. The van der Waals surface area contributed by atoms with Crippen molar-refractivity contribution < 1.29 is 42.3 Å². The Morgan fingerprint density at radius 2 is 1.57 bits per heavy atom. The monoisotopic (exact) mass is 838 g/mol. The summed E-state index contributed by atoms with van der Waals surface area (Å²) in [6.07, 6.45) is 8.34. The fourth-order valence-electron chi connectivity index (χ4n) is 8.00. The average Bonchev–Trinajstić information content (AvgIpc) is 3.54. The first kappa shape index (κ1) is 45.7. The number of rotatable bonds is 16. The number of methoxy groups -OCH3 is 1. The number of aliphatic hydroxyl groups excluding tert-OH is 1. The maximum Gasteiger partial charge on any atom is 0.265 e. The van der Waals surface area contributed by atoms with E-state index in [9.17, 15) is 5.11 Å². The number of allylic oxidation sites excluding steroid dienone is 1. The van der Waals surface area contributed by atoms with Crippen LogP contribution < -0.4 is 14.2 Å². The quantitative estimate of drug-likeness (QED) is 0.0750. The number of ether oxygens (including phenoxy) is 3. The first-order chi connectivity index (χ1) is 27.0. The second kappa shape index (κ2) is 16.9. The molecule has 1 N–H and O–H groups in total. The van der Waals surface area contributed by atoms with Crippen molar-refractivity contribution in [1.29, 1.82) is 0 Å². The summed E-state index contributed by atoms with van der Waals surface area (Å²) in [5.74, 6) is -0.755. The Labute approximate surface area is 349 Å². The van der Waals surface area contributed by atoms with Crippen LogP contribution in [0.2, 0.25) is 36.3 Å². The van der Waals surface area contributed by atoms with Crippen LogP contribution in [-0.4, -0.2) is 83.4 Å². The van der Waals surface area contributed by atoms with Gasteiger partial charge in [-0.25, -0.2) is 0 Å². The zero-order valence-corrected chi connectivity index (χ0v) is 39.9. The maximum absolute atomic E-state index is 15.9. The molecule has 0 bridgehead atoms. The molecular weight excluding hydrogens is 769 g/mol. The van der Waals surface area contributed by atoms with Crippen molar-refractivity contribution >= 4 is 34.0 Å². The van der Waals surface area contributed by atoms with Crippen molar-refractivity contribution in [1.82, 2.24) is 10.1 Å². The summed E-state index contributed by atoms with van der Waals surface area (Å²) in [6, 6.07) is 1.44. The molecule has 1 aromatic heterocycles. The molecule has 1 saturated carbocycles. The van der Waals surface area contributed by atoms with Crippen LogP contribution in [0.25, 0.3) is 5.76 Å². The minimum Gasteiger partial charge on any atom is -0.549 e. The summed E-state index contributed by atoms with van der Waals surface area (Å²) >= 11 is 0. The van der Waals surface area contributed by atoms with Crippen LogP contribution in [0.15, 0.2) is 28.5 Å². The van der Waals surface area contributed by atoms with Gasteiger partial charge in [-0.05, 0) is 106 Å². The predicted octanol–water partition coefficient (Wildman–Crippen LogP) is 10.4. The van der Waals surface area contributed by atoms with Gasteiger partial charge < -0.3 is 32.7 Å². The molecule has 1 heterocycles. The maximum atomic E-state index is 15.9. The van der Waals surface area contributed by atoms with E-state index in [0.717, 1.165) is 36.8 Å². The SMILES string of the molecule is CCCCOc1noc2c1C(=O)[C@@]1(O[Si](C)(C)C(C)(C)C)C(=O)C3=C(O)c4c(c(OC)cc(C/C=C\O[Si](C)(C)C(C)(C)C)c4OCCCC)C[C@H]3C[C@H]1[C@@H]2N(C)C. The van der Waals surface area contributed by atoms with Crippen molar-refractivity contribution in [2.24, 2.45) is 11.8 Å². The Bertz CT molecular complexity index is 1920. The van der Waals surface area contributed by atoms with E-state index in [4.69, 9.17) is 27.6 Å². The zero-order chi connectivity index (χ0) is 43.2. The number of carbonyl (C=O) groups is 2. The van der Waals surface area contributed by atoms with Crippen molar-refractivity contribution in [2.75, 3.05) is 34.4 Å². The first-order valence-electron chi connectivity index (χ1n) is 21.2. The lowest BCUT2D eigenvalue weighted by molar-refractivity contribution is -0.140. The predicted molar refractivity (Wildman–Crippen MR) is 233 cm³/mol. The minimum atomic E-state index is -2.88. The van der Waals surface area contributed by atoms with Crippen LogP contribution >= 0.6 is 0 Å². The molecule has 13 heteroatoms. The van der Waals surface area contributed by atoms with E-state index in [2.05, 4.69) is 86.7 Å². The molecule has 3 aliphatic carbocycles. The summed E-state index contributed by atoms with van der Waals surface area (Å²) in [4.78, 5) is 33.3. The summed E-state index contributed by atoms with van der Waals surface area (Å²) in [5, 5.41) is 16.7. The van der Waals surface area contributed by atoms with Crippen molar-refractivity contribution in [3.63, 3.8) is 0 Å². The number of nitrogens with zero attached hydrogens (tertiary/aromatic N) is 2. The van der Waals surface area contributed by atoms with Gasteiger partial charge in [0.25, 0.3) is 5.88 Å². The Morgan fingerprint density at radius 3 is 2.14 bits per heavy atom. The van der Waals surface area contributed by atoms with E-state index in [1.165, 1.54) is 0 Å². The number of unbranched alkanes of at least 4 members (excludes halogenated alkanes) is 2. The molecule has 2 aromatic rings. The number of carbonyl (C=O) groups excluding carboxylic acids is 2. The minimum absolute atomic E-state index is 0.0398. The van der Waals surface area contributed by atoms with Gasteiger partial charge in [0.15, 0.2) is 19.7 Å². The van der Waals surface area contributed by atoms with Gasteiger partial charge in [-0.1, -0.05) is 68.2 Å². The van der Waals surface area contributed by atoms with Crippen LogP contribution in [0, 0.1) is 11.8 Å². The van der Waals surface area contributed by atoms with Gasteiger partial charge in [0.2, 0.25) is 19.9 Å². The normalized spacial score (nSPS) is 22.5. The summed E-state index contributed by atoms with van der Waals surface area (Å²) in [5.41, 5.74) is 0.374. The highest BCUT2D eigenvalue weighted by atomic mass is 28.4. The molecule has 11 nitrogen and oxygen atoms in total. The fraction of sp³-hybridized carbons (Fsp3) is 0.667. The van der Waals surface area contributed by atoms with E-state index < -0.39 is 51.7 Å². The van der Waals surface area contributed by atoms with Crippen molar-refractivity contribution in [3.8, 4) is 17.4 Å². The van der Waals surface area contributed by atoms with Gasteiger partial charge in [0, 0.05) is 22.6 Å². The second-order valence-electron chi connectivity index (χ2n) is 19.7. The molecule has 1 fully saturated rings. The molecule has 58 heavy (non-hydrogen) atoms. The lowest BCUT2D eigenvalue weighted by Crippen LogP contribution is -2.68. The van der Waals surface area contributed by atoms with Crippen molar-refractivity contribution in [2.45, 2.75) is 148 Å². The Hall–Kier alpha value is -3.40. The summed E-state index contributed by atoms with van der Waals surface area (Å²) < 4.78 is 38.4. The number of aliphatic hydroxyl groups is 1. The fourth-order valence-corrected chi connectivity index (χ4v) is 10.2. The van der Waals surface area contributed by atoms with Crippen LogP contribution in [0.3, 0.4) is 0 Å². The van der Waals surface area contributed by atoms with Gasteiger partial charge in [-0.2, -0.15) is 0 Å². The number of benzene rings is 1. The highest BCUT2D eigenvalue weighted by Crippen LogP contribution is 2.59. The number of aromatic nitrogens is 1. The zero-order valence-electron chi connectivity index (χ0n) is 37.9. The van der Waals surface area contributed by atoms with Crippen molar-refractivity contribution in [3.05, 3.63) is 52.0 Å². The molecule has 5 rings (SSSR count). The number of hydrogen-bond donors (Lipinski definition) is 1. The highest BCUT2D eigenvalue weighted by molar-refractivity contribution is 6.75. The second-order valence-corrected chi connectivity index (χ2v) is 29.2. The van der Waals surface area contributed by atoms with E-state index in [1.807, 2.05) is 31.1 Å². The molecule has 1 aromatic carbocycles. The third kappa shape index (κ3) is 8.09. The molecule has 4 atom stereocenters. The van der Waals surface area contributed by atoms with Gasteiger partial charge in [0.1, 0.15) is 22.8 Å². The number of ketones is 2. The molecule has 0 spiro atoms.